The maximum absolute atomic E-state index is 5.47. The number of hydrogen-bond acceptors (Lipinski definition) is 2. The minimum Gasteiger partial charge on any atom is -0.358 e. The van der Waals surface area contributed by atoms with Crippen molar-refractivity contribution in [2.45, 2.75) is 13.2 Å². The van der Waals surface area contributed by atoms with Gasteiger partial charge >= 0.3 is 0 Å². The molecular formula is C10H14ClNO. The molecule has 72 valence electrons. The number of aryl methyl sites for hydroxylation is 1. The van der Waals surface area contributed by atoms with Crippen LogP contribution in [-0.4, -0.2) is 13.2 Å². The maximum atomic E-state index is 5.47. The lowest BCUT2D eigenvalue weighted by atomic mass is 10.1. The molecule has 0 saturated carbocycles. The quantitative estimate of drug-likeness (QED) is 0.748. The predicted octanol–water partition coefficient (Wildman–Crippen LogP) is 2.04. The van der Waals surface area contributed by atoms with Gasteiger partial charge in [-0.05, 0) is 12.5 Å². The van der Waals surface area contributed by atoms with E-state index in [0.717, 1.165) is 13.2 Å². The molecule has 2 rings (SSSR count). The predicted molar refractivity (Wildman–Crippen MR) is 55.1 cm³/mol. The molecule has 1 saturated heterocycles. The number of benzene rings is 1. The van der Waals surface area contributed by atoms with Gasteiger partial charge in [0.15, 0.2) is 0 Å². The number of rotatable bonds is 1. The summed E-state index contributed by atoms with van der Waals surface area (Å²) in [5, 5.41) is 3.27. The first-order valence-corrected chi connectivity index (χ1v) is 4.28. The topological polar surface area (TPSA) is 21.3 Å². The molecule has 1 aromatic carbocycles. The summed E-state index contributed by atoms with van der Waals surface area (Å²) in [5.41, 5.74) is 2.51. The van der Waals surface area contributed by atoms with Crippen LogP contribution in [0.2, 0.25) is 0 Å². The van der Waals surface area contributed by atoms with E-state index in [1.165, 1.54) is 11.1 Å². The van der Waals surface area contributed by atoms with E-state index in [1.807, 2.05) is 0 Å². The average molecular weight is 200 g/mol. The maximum Gasteiger partial charge on any atom is 0.134 e. The Morgan fingerprint density at radius 1 is 1.31 bits per heavy atom. The Morgan fingerprint density at radius 3 is 2.54 bits per heavy atom. The van der Waals surface area contributed by atoms with Gasteiger partial charge in [0.1, 0.15) is 6.23 Å². The fraction of sp³-hybridized carbons (Fsp3) is 0.400. The van der Waals surface area contributed by atoms with Crippen LogP contribution in [0.3, 0.4) is 0 Å². The Hall–Kier alpha value is -0.570. The molecule has 1 atom stereocenters. The summed E-state index contributed by atoms with van der Waals surface area (Å²) >= 11 is 0. The molecule has 0 amide bonds. The van der Waals surface area contributed by atoms with Crippen molar-refractivity contribution in [2.75, 3.05) is 13.2 Å². The van der Waals surface area contributed by atoms with Gasteiger partial charge in [0.2, 0.25) is 0 Å². The summed E-state index contributed by atoms with van der Waals surface area (Å²) in [6, 6.07) is 8.44. The molecule has 1 heterocycles. The fourth-order valence-electron chi connectivity index (χ4n) is 1.38. The zero-order valence-electron chi connectivity index (χ0n) is 7.62. The number of hydrogen-bond donors (Lipinski definition) is 1. The molecule has 1 aliphatic heterocycles. The largest absolute Gasteiger partial charge is 0.358 e. The highest BCUT2D eigenvalue weighted by Crippen LogP contribution is 2.17. The standard InChI is InChI=1S/C10H13NO.ClH/c1-8-2-4-9(5-3-8)10-11-6-7-12-10;/h2-5,10-11H,6-7H2,1H3;1H. The lowest BCUT2D eigenvalue weighted by molar-refractivity contribution is 0.102. The first-order chi connectivity index (χ1) is 5.86. The van der Waals surface area contributed by atoms with Crippen LogP contribution >= 0.6 is 12.4 Å². The van der Waals surface area contributed by atoms with E-state index in [4.69, 9.17) is 4.74 Å². The Kier molecular flexibility index (Phi) is 3.72. The van der Waals surface area contributed by atoms with Crippen LogP contribution < -0.4 is 5.32 Å². The first-order valence-electron chi connectivity index (χ1n) is 4.28. The Bertz CT molecular complexity index is 254. The minimum absolute atomic E-state index is 0. The second-order valence-corrected chi connectivity index (χ2v) is 3.12. The van der Waals surface area contributed by atoms with Gasteiger partial charge in [0.05, 0.1) is 6.61 Å². The molecule has 3 heteroatoms. The van der Waals surface area contributed by atoms with E-state index in [1.54, 1.807) is 0 Å². The van der Waals surface area contributed by atoms with Crippen LogP contribution in [0.1, 0.15) is 17.4 Å². The van der Waals surface area contributed by atoms with Gasteiger partial charge in [-0.25, -0.2) is 0 Å². The second kappa shape index (κ2) is 4.61. The third-order valence-corrected chi connectivity index (χ3v) is 2.10. The van der Waals surface area contributed by atoms with Crippen molar-refractivity contribution in [2.24, 2.45) is 0 Å². The van der Waals surface area contributed by atoms with Crippen molar-refractivity contribution in [3.63, 3.8) is 0 Å². The van der Waals surface area contributed by atoms with Gasteiger partial charge in [-0.3, -0.25) is 5.32 Å². The van der Waals surface area contributed by atoms with Gasteiger partial charge < -0.3 is 4.74 Å². The molecule has 0 spiro atoms. The molecule has 1 unspecified atom stereocenters. The summed E-state index contributed by atoms with van der Waals surface area (Å²) in [6.07, 6.45) is 0.116. The van der Waals surface area contributed by atoms with Crippen molar-refractivity contribution in [3.8, 4) is 0 Å². The van der Waals surface area contributed by atoms with E-state index in [-0.39, 0.29) is 18.6 Å². The molecule has 0 aromatic heterocycles. The average Bonchev–Trinajstić information content (AvgIpc) is 2.58. The van der Waals surface area contributed by atoms with Gasteiger partial charge in [-0.15, -0.1) is 12.4 Å². The molecule has 1 aromatic rings. The van der Waals surface area contributed by atoms with E-state index in [0.29, 0.717) is 0 Å². The summed E-state index contributed by atoms with van der Waals surface area (Å²) in [5.74, 6) is 0. The molecule has 0 radical (unpaired) electrons. The Morgan fingerprint density at radius 2 is 2.00 bits per heavy atom. The molecule has 1 fully saturated rings. The molecule has 2 nitrogen and oxygen atoms in total. The van der Waals surface area contributed by atoms with Crippen molar-refractivity contribution in [1.82, 2.24) is 5.32 Å². The van der Waals surface area contributed by atoms with Crippen LogP contribution in [0.5, 0.6) is 0 Å². The molecule has 13 heavy (non-hydrogen) atoms. The van der Waals surface area contributed by atoms with E-state index >= 15 is 0 Å². The van der Waals surface area contributed by atoms with Crippen LogP contribution in [0, 0.1) is 6.92 Å². The van der Waals surface area contributed by atoms with E-state index in [2.05, 4.69) is 36.5 Å². The fourth-order valence-corrected chi connectivity index (χ4v) is 1.38. The van der Waals surface area contributed by atoms with Crippen LogP contribution in [0.4, 0.5) is 0 Å². The van der Waals surface area contributed by atoms with Gasteiger partial charge in [-0.1, -0.05) is 29.8 Å². The van der Waals surface area contributed by atoms with Crippen LogP contribution in [-0.2, 0) is 4.74 Å². The number of ether oxygens (including phenoxy) is 1. The molecule has 0 aliphatic carbocycles. The zero-order valence-corrected chi connectivity index (χ0v) is 8.43. The zero-order chi connectivity index (χ0) is 8.39. The number of nitrogens with one attached hydrogen (secondary N) is 1. The summed E-state index contributed by atoms with van der Waals surface area (Å²) in [6.45, 7) is 3.86. The van der Waals surface area contributed by atoms with Crippen molar-refractivity contribution >= 4 is 12.4 Å². The van der Waals surface area contributed by atoms with Crippen LogP contribution in [0.25, 0.3) is 0 Å². The van der Waals surface area contributed by atoms with E-state index < -0.39 is 0 Å². The summed E-state index contributed by atoms with van der Waals surface area (Å²) in [4.78, 5) is 0. The number of halogens is 1. The van der Waals surface area contributed by atoms with Crippen molar-refractivity contribution in [3.05, 3.63) is 35.4 Å². The smallest absolute Gasteiger partial charge is 0.134 e. The second-order valence-electron chi connectivity index (χ2n) is 3.12. The van der Waals surface area contributed by atoms with Gasteiger partial charge in [-0.2, -0.15) is 0 Å². The Labute approximate surface area is 84.7 Å². The van der Waals surface area contributed by atoms with Crippen LogP contribution in [0.15, 0.2) is 24.3 Å². The normalized spacial score (nSPS) is 21.2. The Balaban J connectivity index is 0.000000845. The lowest BCUT2D eigenvalue weighted by Crippen LogP contribution is -2.13. The molecular weight excluding hydrogens is 186 g/mol. The summed E-state index contributed by atoms with van der Waals surface area (Å²) < 4.78 is 5.47. The highest BCUT2D eigenvalue weighted by Gasteiger charge is 2.15. The monoisotopic (exact) mass is 199 g/mol. The third-order valence-electron chi connectivity index (χ3n) is 2.10. The minimum atomic E-state index is 0. The molecule has 1 N–H and O–H groups in total. The molecule has 0 bridgehead atoms. The molecule has 1 aliphatic rings. The van der Waals surface area contributed by atoms with Crippen molar-refractivity contribution in [1.29, 1.82) is 0 Å². The van der Waals surface area contributed by atoms with Gasteiger partial charge in [0.25, 0.3) is 0 Å². The third kappa shape index (κ3) is 2.44. The summed E-state index contributed by atoms with van der Waals surface area (Å²) in [7, 11) is 0. The highest BCUT2D eigenvalue weighted by molar-refractivity contribution is 5.85. The SMILES string of the molecule is Cc1ccc(C2NCCO2)cc1.Cl. The van der Waals surface area contributed by atoms with Crippen molar-refractivity contribution < 1.29 is 4.74 Å². The van der Waals surface area contributed by atoms with Gasteiger partial charge in [0, 0.05) is 6.54 Å². The van der Waals surface area contributed by atoms with E-state index in [9.17, 15) is 0 Å². The first kappa shape index (κ1) is 10.5. The lowest BCUT2D eigenvalue weighted by Gasteiger charge is -2.09. The highest BCUT2D eigenvalue weighted by atomic mass is 35.5.